The largest absolute Gasteiger partial charge is 0.452 e. The van der Waals surface area contributed by atoms with Gasteiger partial charge in [0.05, 0.1) is 22.8 Å². The molecule has 6 heteroatoms. The van der Waals surface area contributed by atoms with Gasteiger partial charge in [0.15, 0.2) is 12.4 Å². The third-order valence-electron chi connectivity index (χ3n) is 4.82. The number of aromatic nitrogens is 1. The average molecular weight is 404 g/mol. The van der Waals surface area contributed by atoms with Crippen LogP contribution in [0.25, 0.3) is 10.9 Å². The third-order valence-corrected chi connectivity index (χ3v) is 4.82. The second-order valence-electron chi connectivity index (χ2n) is 7.31. The highest BCUT2D eigenvalue weighted by Gasteiger charge is 2.20. The summed E-state index contributed by atoms with van der Waals surface area (Å²) in [5.74, 6) is -1.31. The molecule has 0 aliphatic heterocycles. The van der Waals surface area contributed by atoms with Gasteiger partial charge in [-0.15, -0.1) is 0 Å². The van der Waals surface area contributed by atoms with Gasteiger partial charge in [-0.1, -0.05) is 42.0 Å². The van der Waals surface area contributed by atoms with Crippen LogP contribution in [0.5, 0.6) is 0 Å². The third kappa shape index (κ3) is 5.29. The highest BCUT2D eigenvalue weighted by molar-refractivity contribution is 5.96. The Morgan fingerprint density at radius 2 is 1.77 bits per heavy atom. The zero-order valence-corrected chi connectivity index (χ0v) is 17.3. The Bertz CT molecular complexity index is 1090. The predicted octanol–water partition coefficient (Wildman–Crippen LogP) is 3.32. The Labute approximate surface area is 175 Å². The van der Waals surface area contributed by atoms with Crippen molar-refractivity contribution >= 4 is 28.6 Å². The van der Waals surface area contributed by atoms with Crippen LogP contribution in [0, 0.1) is 13.8 Å². The van der Waals surface area contributed by atoms with Crippen LogP contribution in [-0.2, 0) is 20.7 Å². The van der Waals surface area contributed by atoms with Gasteiger partial charge in [-0.2, -0.15) is 0 Å². The van der Waals surface area contributed by atoms with E-state index < -0.39 is 24.5 Å². The molecule has 0 aliphatic rings. The molecule has 154 valence electrons. The molecule has 0 bridgehead atoms. The van der Waals surface area contributed by atoms with E-state index in [0.717, 1.165) is 22.0 Å². The van der Waals surface area contributed by atoms with Crippen molar-refractivity contribution in [2.75, 3.05) is 6.61 Å². The molecule has 1 unspecified atom stereocenters. The van der Waals surface area contributed by atoms with Crippen LogP contribution in [0.1, 0.15) is 34.1 Å². The summed E-state index contributed by atoms with van der Waals surface area (Å²) in [5.41, 5.74) is 3.62. The first kappa shape index (κ1) is 21.2. The van der Waals surface area contributed by atoms with Gasteiger partial charge in [-0.05, 0) is 51.0 Å². The number of hydrogen-bond donors (Lipinski definition) is 1. The Balaban J connectivity index is 1.63. The molecule has 0 fully saturated rings. The van der Waals surface area contributed by atoms with Crippen LogP contribution in [0.2, 0.25) is 0 Å². The number of ether oxygens (including phenoxy) is 1. The van der Waals surface area contributed by atoms with Crippen LogP contribution in [-0.4, -0.2) is 35.3 Å². The maximum Gasteiger partial charge on any atom is 0.340 e. The SMILES string of the molecule is CC(=O)C(Cc1ccccc1)NC(=O)COC(=O)c1cc2cc(C)ccc2nc1C. The van der Waals surface area contributed by atoms with Gasteiger partial charge in [0.2, 0.25) is 0 Å². The number of amides is 1. The number of ketones is 1. The van der Waals surface area contributed by atoms with Crippen LogP contribution in [0.15, 0.2) is 54.6 Å². The topological polar surface area (TPSA) is 85.4 Å². The number of nitrogens with one attached hydrogen (secondary N) is 1. The molecular formula is C24H24N2O4. The lowest BCUT2D eigenvalue weighted by molar-refractivity contribution is -0.128. The van der Waals surface area contributed by atoms with Crippen molar-refractivity contribution in [2.24, 2.45) is 0 Å². The molecule has 0 saturated carbocycles. The minimum atomic E-state index is -0.675. The number of pyridine rings is 1. The highest BCUT2D eigenvalue weighted by atomic mass is 16.5. The predicted molar refractivity (Wildman–Crippen MR) is 114 cm³/mol. The summed E-state index contributed by atoms with van der Waals surface area (Å²) in [6.07, 6.45) is 0.378. The van der Waals surface area contributed by atoms with Crippen molar-refractivity contribution in [1.82, 2.24) is 10.3 Å². The lowest BCUT2D eigenvalue weighted by Crippen LogP contribution is -2.43. The first-order chi connectivity index (χ1) is 14.3. The lowest BCUT2D eigenvalue weighted by atomic mass is 10.0. The molecule has 0 saturated heterocycles. The number of carbonyl (C=O) groups excluding carboxylic acids is 3. The Morgan fingerprint density at radius 1 is 1.03 bits per heavy atom. The van der Waals surface area contributed by atoms with Crippen molar-refractivity contribution in [2.45, 2.75) is 33.2 Å². The van der Waals surface area contributed by atoms with Crippen molar-refractivity contribution < 1.29 is 19.1 Å². The van der Waals surface area contributed by atoms with Gasteiger partial charge >= 0.3 is 5.97 Å². The van der Waals surface area contributed by atoms with E-state index in [2.05, 4.69) is 10.3 Å². The fraction of sp³-hybridized carbons (Fsp3) is 0.250. The van der Waals surface area contributed by atoms with E-state index in [0.29, 0.717) is 17.7 Å². The van der Waals surface area contributed by atoms with E-state index in [-0.39, 0.29) is 5.78 Å². The Kier molecular flexibility index (Phi) is 6.57. The minimum absolute atomic E-state index is 0.163. The number of carbonyl (C=O) groups is 3. The molecule has 1 amide bonds. The normalized spacial score (nSPS) is 11.7. The van der Waals surface area contributed by atoms with Gasteiger partial charge < -0.3 is 10.1 Å². The Morgan fingerprint density at radius 3 is 2.47 bits per heavy atom. The van der Waals surface area contributed by atoms with E-state index in [1.54, 1.807) is 13.0 Å². The monoisotopic (exact) mass is 404 g/mol. The quantitative estimate of drug-likeness (QED) is 0.611. The van der Waals surface area contributed by atoms with Crippen molar-refractivity contribution in [3.8, 4) is 0 Å². The molecule has 1 aromatic heterocycles. The van der Waals surface area contributed by atoms with E-state index in [1.807, 2.05) is 55.5 Å². The van der Waals surface area contributed by atoms with Gasteiger partial charge in [-0.3, -0.25) is 14.6 Å². The number of Topliss-reactive ketones (excluding diaryl/α,β-unsaturated/α-hetero) is 1. The highest BCUT2D eigenvalue weighted by Crippen LogP contribution is 2.18. The Hall–Kier alpha value is -3.54. The fourth-order valence-corrected chi connectivity index (χ4v) is 3.19. The molecule has 30 heavy (non-hydrogen) atoms. The molecule has 0 aliphatic carbocycles. The van der Waals surface area contributed by atoms with Crippen LogP contribution in [0.4, 0.5) is 0 Å². The van der Waals surface area contributed by atoms with Crippen molar-refractivity contribution in [3.63, 3.8) is 0 Å². The molecule has 1 N–H and O–H groups in total. The molecular weight excluding hydrogens is 380 g/mol. The molecule has 0 spiro atoms. The summed E-state index contributed by atoms with van der Waals surface area (Å²) in [7, 11) is 0. The van der Waals surface area contributed by atoms with Gasteiger partial charge in [0.1, 0.15) is 0 Å². The number of hydrogen-bond acceptors (Lipinski definition) is 5. The van der Waals surface area contributed by atoms with Crippen LogP contribution in [0.3, 0.4) is 0 Å². The van der Waals surface area contributed by atoms with Gasteiger partial charge in [0, 0.05) is 5.39 Å². The average Bonchev–Trinajstić information content (AvgIpc) is 2.72. The summed E-state index contributed by atoms with van der Waals surface area (Å²) >= 11 is 0. The maximum atomic E-state index is 12.5. The first-order valence-corrected chi connectivity index (χ1v) is 9.72. The summed E-state index contributed by atoms with van der Waals surface area (Å²) < 4.78 is 5.18. The van der Waals surface area contributed by atoms with E-state index in [1.165, 1.54) is 6.92 Å². The summed E-state index contributed by atoms with van der Waals surface area (Å²) in [6.45, 7) is 4.64. The van der Waals surface area contributed by atoms with Gasteiger partial charge in [0.25, 0.3) is 5.91 Å². The number of aryl methyl sites for hydroxylation is 2. The smallest absolute Gasteiger partial charge is 0.340 e. The molecule has 1 atom stereocenters. The van der Waals surface area contributed by atoms with E-state index in [9.17, 15) is 14.4 Å². The molecule has 6 nitrogen and oxygen atoms in total. The lowest BCUT2D eigenvalue weighted by Gasteiger charge is -2.16. The van der Waals surface area contributed by atoms with Crippen molar-refractivity contribution in [3.05, 3.63) is 77.0 Å². The molecule has 2 aromatic carbocycles. The summed E-state index contributed by atoms with van der Waals surface area (Å²) in [6, 6.07) is 16.2. The molecule has 1 heterocycles. The molecule has 3 aromatic rings. The number of nitrogens with zero attached hydrogens (tertiary/aromatic N) is 1. The second kappa shape index (κ2) is 9.31. The second-order valence-corrected chi connectivity index (χ2v) is 7.31. The van der Waals surface area contributed by atoms with Crippen LogP contribution >= 0.6 is 0 Å². The molecule has 3 rings (SSSR count). The standard InChI is InChI=1S/C24H24N2O4/c1-15-9-10-21-19(11-15)13-20(16(2)25-21)24(29)30-14-23(28)26-22(17(3)27)12-18-7-5-4-6-8-18/h4-11,13,22H,12,14H2,1-3H3,(H,26,28). The van der Waals surface area contributed by atoms with Gasteiger partial charge in [-0.25, -0.2) is 4.79 Å². The number of fused-ring (bicyclic) bond motifs is 1. The van der Waals surface area contributed by atoms with E-state index >= 15 is 0 Å². The number of benzene rings is 2. The maximum absolute atomic E-state index is 12.5. The van der Waals surface area contributed by atoms with Crippen molar-refractivity contribution in [1.29, 1.82) is 0 Å². The number of rotatable bonds is 7. The zero-order valence-electron chi connectivity index (χ0n) is 17.3. The summed E-state index contributed by atoms with van der Waals surface area (Å²) in [4.78, 5) is 41.1. The molecule has 0 radical (unpaired) electrons. The van der Waals surface area contributed by atoms with Crippen LogP contribution < -0.4 is 5.32 Å². The summed E-state index contributed by atoms with van der Waals surface area (Å²) in [5, 5.41) is 3.47. The number of esters is 1. The fourth-order valence-electron chi connectivity index (χ4n) is 3.19. The first-order valence-electron chi connectivity index (χ1n) is 9.72. The minimum Gasteiger partial charge on any atom is -0.452 e. The van der Waals surface area contributed by atoms with E-state index in [4.69, 9.17) is 4.74 Å². The zero-order chi connectivity index (χ0) is 21.7.